The van der Waals surface area contributed by atoms with Gasteiger partial charge in [-0.3, -0.25) is 4.79 Å². The van der Waals surface area contributed by atoms with E-state index in [2.05, 4.69) is 21.0 Å². The smallest absolute Gasteiger partial charge is 0.221 e. The Morgan fingerprint density at radius 2 is 2.42 bits per heavy atom. The number of hydrogen-bond donors (Lipinski definition) is 2. The van der Waals surface area contributed by atoms with Crippen molar-refractivity contribution in [1.82, 2.24) is 15.6 Å². The van der Waals surface area contributed by atoms with Crippen LogP contribution in [0.5, 0.6) is 0 Å². The van der Waals surface area contributed by atoms with Crippen LogP contribution in [0, 0.1) is 0 Å². The molecule has 1 aliphatic carbocycles. The lowest BCUT2D eigenvalue weighted by Gasteiger charge is -2.22. The Morgan fingerprint density at radius 3 is 3.16 bits per heavy atom. The van der Waals surface area contributed by atoms with Gasteiger partial charge in [-0.1, -0.05) is 0 Å². The number of aromatic nitrogens is 1. The van der Waals surface area contributed by atoms with Crippen molar-refractivity contribution in [3.8, 4) is 0 Å². The lowest BCUT2D eigenvalue weighted by molar-refractivity contribution is -0.121. The van der Waals surface area contributed by atoms with Crippen molar-refractivity contribution < 1.29 is 4.79 Å². The zero-order valence-electron chi connectivity index (χ0n) is 10.9. The van der Waals surface area contributed by atoms with E-state index in [0.717, 1.165) is 23.1 Å². The van der Waals surface area contributed by atoms with E-state index < -0.39 is 0 Å². The highest BCUT2D eigenvalue weighted by atomic mass is 32.2. The van der Waals surface area contributed by atoms with Gasteiger partial charge in [0.25, 0.3) is 0 Å². The van der Waals surface area contributed by atoms with Crippen molar-refractivity contribution in [2.45, 2.75) is 37.8 Å². The molecule has 1 unspecified atom stereocenters. The summed E-state index contributed by atoms with van der Waals surface area (Å²) in [6.45, 7) is 1.59. The second kappa shape index (κ2) is 6.24. The van der Waals surface area contributed by atoms with Gasteiger partial charge in [0.15, 0.2) is 0 Å². The number of nitrogens with one attached hydrogen (secondary N) is 2. The largest absolute Gasteiger partial charge is 0.350 e. The van der Waals surface area contributed by atoms with Crippen LogP contribution in [0.25, 0.3) is 0 Å². The molecule has 2 N–H and O–H groups in total. The molecule has 19 heavy (non-hydrogen) atoms. The van der Waals surface area contributed by atoms with Gasteiger partial charge in [0, 0.05) is 41.8 Å². The molecular formula is C13H19N3OS2. The number of thiazole rings is 1. The van der Waals surface area contributed by atoms with E-state index in [1.54, 1.807) is 11.3 Å². The van der Waals surface area contributed by atoms with Gasteiger partial charge in [-0.2, -0.15) is 11.8 Å². The van der Waals surface area contributed by atoms with Crippen LogP contribution in [0.3, 0.4) is 0 Å². The minimum atomic E-state index is 0.128. The number of rotatable bonds is 5. The fraction of sp³-hybridized carbons (Fsp3) is 0.692. The molecule has 1 aliphatic heterocycles. The monoisotopic (exact) mass is 297 g/mol. The molecule has 1 aromatic heterocycles. The summed E-state index contributed by atoms with van der Waals surface area (Å²) in [5.74, 6) is 3.02. The van der Waals surface area contributed by atoms with Crippen LogP contribution < -0.4 is 10.6 Å². The van der Waals surface area contributed by atoms with Crippen molar-refractivity contribution in [2.75, 3.05) is 18.1 Å². The minimum absolute atomic E-state index is 0.128. The van der Waals surface area contributed by atoms with Crippen molar-refractivity contribution in [3.05, 3.63) is 16.1 Å². The molecule has 2 heterocycles. The average molecular weight is 297 g/mol. The summed E-state index contributed by atoms with van der Waals surface area (Å²) in [5.41, 5.74) is 1.22. The van der Waals surface area contributed by atoms with E-state index in [4.69, 9.17) is 0 Å². The third-order valence-corrected chi connectivity index (χ3v) is 5.43. The molecule has 0 spiro atoms. The van der Waals surface area contributed by atoms with Crippen LogP contribution in [0.2, 0.25) is 0 Å². The predicted molar refractivity (Wildman–Crippen MR) is 79.7 cm³/mol. The molecule has 1 saturated carbocycles. The fourth-order valence-corrected chi connectivity index (χ4v) is 3.96. The second-order valence-corrected chi connectivity index (χ2v) is 7.24. The Balaban J connectivity index is 1.41. The predicted octanol–water partition coefficient (Wildman–Crippen LogP) is 1.73. The number of carbonyl (C=O) groups is 1. The van der Waals surface area contributed by atoms with Gasteiger partial charge in [-0.25, -0.2) is 4.98 Å². The molecule has 1 amide bonds. The quantitative estimate of drug-likeness (QED) is 0.869. The van der Waals surface area contributed by atoms with E-state index in [1.807, 2.05) is 11.8 Å². The van der Waals surface area contributed by atoms with Gasteiger partial charge in [0.05, 0.1) is 12.2 Å². The Bertz CT molecular complexity index is 439. The number of nitrogens with zero attached hydrogens (tertiary/aromatic N) is 1. The lowest BCUT2D eigenvalue weighted by Crippen LogP contribution is -2.41. The summed E-state index contributed by atoms with van der Waals surface area (Å²) >= 11 is 3.58. The maximum atomic E-state index is 11.9. The third kappa shape index (κ3) is 3.94. The van der Waals surface area contributed by atoms with Crippen LogP contribution in [0.4, 0.5) is 0 Å². The number of amides is 1. The highest BCUT2D eigenvalue weighted by Gasteiger charge is 2.26. The van der Waals surface area contributed by atoms with E-state index in [9.17, 15) is 4.79 Å². The van der Waals surface area contributed by atoms with E-state index in [1.165, 1.54) is 18.5 Å². The van der Waals surface area contributed by atoms with E-state index in [-0.39, 0.29) is 5.91 Å². The molecule has 104 valence electrons. The van der Waals surface area contributed by atoms with Gasteiger partial charge < -0.3 is 10.6 Å². The summed E-state index contributed by atoms with van der Waals surface area (Å²) in [5, 5.41) is 9.53. The van der Waals surface area contributed by atoms with Gasteiger partial charge >= 0.3 is 0 Å². The molecule has 1 saturated heterocycles. The van der Waals surface area contributed by atoms with Crippen LogP contribution in [-0.2, 0) is 11.3 Å². The molecule has 2 aliphatic rings. The van der Waals surface area contributed by atoms with Crippen LogP contribution >= 0.6 is 23.1 Å². The molecule has 6 heteroatoms. The molecule has 2 fully saturated rings. The number of thioether (sulfide) groups is 1. The molecule has 3 rings (SSSR count). The van der Waals surface area contributed by atoms with E-state index in [0.29, 0.717) is 24.9 Å². The average Bonchev–Trinajstić information content (AvgIpc) is 3.17. The summed E-state index contributed by atoms with van der Waals surface area (Å²) in [7, 11) is 0. The standard InChI is InChI=1S/C13H19N3OS2/c17-12(5-10-7-18-4-3-14-10)15-6-13-16-11(8-19-13)9-1-2-9/h8-10,14H,1-7H2,(H,15,17). The SMILES string of the molecule is O=C(CC1CSCCN1)NCc1nc(C2CC2)cs1. The first kappa shape index (κ1) is 13.4. The van der Waals surface area contributed by atoms with E-state index >= 15 is 0 Å². The van der Waals surface area contributed by atoms with Gasteiger partial charge in [-0.05, 0) is 12.8 Å². The molecular weight excluding hydrogens is 278 g/mol. The Hall–Kier alpha value is -0.590. The van der Waals surface area contributed by atoms with Crippen molar-refractivity contribution in [3.63, 3.8) is 0 Å². The zero-order valence-corrected chi connectivity index (χ0v) is 12.5. The van der Waals surface area contributed by atoms with Crippen molar-refractivity contribution >= 4 is 29.0 Å². The van der Waals surface area contributed by atoms with Gasteiger partial charge in [0.1, 0.15) is 5.01 Å². The van der Waals surface area contributed by atoms with Crippen LogP contribution in [-0.4, -0.2) is 35.0 Å². The lowest BCUT2D eigenvalue weighted by atomic mass is 10.2. The maximum Gasteiger partial charge on any atom is 0.221 e. The zero-order chi connectivity index (χ0) is 13.1. The molecule has 4 nitrogen and oxygen atoms in total. The maximum absolute atomic E-state index is 11.9. The van der Waals surface area contributed by atoms with Crippen molar-refractivity contribution in [1.29, 1.82) is 0 Å². The topological polar surface area (TPSA) is 54.0 Å². The first-order chi connectivity index (χ1) is 9.31. The Kier molecular flexibility index (Phi) is 4.40. The summed E-state index contributed by atoms with van der Waals surface area (Å²) in [6, 6.07) is 0.331. The molecule has 0 aromatic carbocycles. The fourth-order valence-electron chi connectivity index (χ4n) is 2.19. The normalized spacial score (nSPS) is 23.3. The summed E-state index contributed by atoms with van der Waals surface area (Å²) in [6.07, 6.45) is 3.13. The summed E-state index contributed by atoms with van der Waals surface area (Å²) < 4.78 is 0. The number of carbonyl (C=O) groups excluding carboxylic acids is 1. The minimum Gasteiger partial charge on any atom is -0.350 e. The molecule has 1 atom stereocenters. The third-order valence-electron chi connectivity index (χ3n) is 3.43. The first-order valence-corrected chi connectivity index (χ1v) is 8.87. The summed E-state index contributed by atoms with van der Waals surface area (Å²) in [4.78, 5) is 16.4. The Labute approximate surface area is 121 Å². The van der Waals surface area contributed by atoms with Crippen LogP contribution in [0.1, 0.15) is 35.9 Å². The highest BCUT2D eigenvalue weighted by molar-refractivity contribution is 7.99. The molecule has 0 radical (unpaired) electrons. The van der Waals surface area contributed by atoms with Gasteiger partial charge in [-0.15, -0.1) is 11.3 Å². The Morgan fingerprint density at radius 1 is 1.53 bits per heavy atom. The highest BCUT2D eigenvalue weighted by Crippen LogP contribution is 2.40. The molecule has 0 bridgehead atoms. The first-order valence-electron chi connectivity index (χ1n) is 6.83. The number of hydrogen-bond acceptors (Lipinski definition) is 5. The van der Waals surface area contributed by atoms with Gasteiger partial charge in [0.2, 0.25) is 5.91 Å². The molecule has 1 aromatic rings. The second-order valence-electron chi connectivity index (χ2n) is 5.15. The van der Waals surface area contributed by atoms with Crippen LogP contribution in [0.15, 0.2) is 5.38 Å². The van der Waals surface area contributed by atoms with Crippen molar-refractivity contribution in [2.24, 2.45) is 0 Å².